The van der Waals surface area contributed by atoms with E-state index >= 15 is 0 Å². The molecule has 55 heavy (non-hydrogen) atoms. The number of phosphoric acid groups is 1. The minimum Gasteiger partial charge on any atom is -0.462 e. The van der Waals surface area contributed by atoms with Crippen molar-refractivity contribution in [2.75, 3.05) is 26.4 Å². The van der Waals surface area contributed by atoms with E-state index in [9.17, 15) is 19.0 Å². The molecule has 0 radical (unpaired) electrons. The fourth-order valence-electron chi connectivity index (χ4n) is 6.39. The van der Waals surface area contributed by atoms with E-state index in [0.29, 0.717) is 6.42 Å². The van der Waals surface area contributed by atoms with Gasteiger partial charge in [-0.1, -0.05) is 167 Å². The van der Waals surface area contributed by atoms with Crippen LogP contribution in [0, 0.1) is 0 Å². The van der Waals surface area contributed by atoms with Crippen LogP contribution in [0.3, 0.4) is 0 Å². The predicted molar refractivity (Wildman–Crippen MR) is 229 cm³/mol. The Balaban J connectivity index is 4.08. The van der Waals surface area contributed by atoms with Gasteiger partial charge in [0.15, 0.2) is 6.10 Å². The van der Waals surface area contributed by atoms with E-state index in [0.717, 1.165) is 57.8 Å². The molecule has 324 valence electrons. The van der Waals surface area contributed by atoms with Crippen molar-refractivity contribution in [2.24, 2.45) is 5.73 Å². The van der Waals surface area contributed by atoms with E-state index in [1.165, 1.54) is 128 Å². The maximum Gasteiger partial charge on any atom is 0.472 e. The van der Waals surface area contributed by atoms with E-state index in [1.807, 2.05) is 0 Å². The van der Waals surface area contributed by atoms with Crippen LogP contribution in [0.25, 0.3) is 0 Å². The normalized spacial score (nSPS) is 13.5. The lowest BCUT2D eigenvalue weighted by molar-refractivity contribution is -0.161. The van der Waals surface area contributed by atoms with Crippen LogP contribution in [0.4, 0.5) is 0 Å². The molecule has 0 aliphatic carbocycles. The molecule has 0 aromatic carbocycles. The molecule has 0 saturated heterocycles. The van der Waals surface area contributed by atoms with Crippen molar-refractivity contribution in [2.45, 2.75) is 225 Å². The second-order valence-electron chi connectivity index (χ2n) is 15.3. The lowest BCUT2D eigenvalue weighted by atomic mass is 10.0. The number of rotatable bonds is 43. The topological polar surface area (TPSA) is 134 Å². The van der Waals surface area contributed by atoms with Crippen LogP contribution in [-0.2, 0) is 32.7 Å². The predicted octanol–water partition coefficient (Wildman–Crippen LogP) is 13.2. The highest BCUT2D eigenvalue weighted by Gasteiger charge is 2.26. The summed E-state index contributed by atoms with van der Waals surface area (Å²) < 4.78 is 32.8. The van der Waals surface area contributed by atoms with Gasteiger partial charge in [0.2, 0.25) is 0 Å². The lowest BCUT2D eigenvalue weighted by Gasteiger charge is -2.19. The summed E-state index contributed by atoms with van der Waals surface area (Å²) in [5, 5.41) is 0. The fourth-order valence-corrected chi connectivity index (χ4v) is 7.15. The van der Waals surface area contributed by atoms with Crippen LogP contribution in [0.15, 0.2) is 24.3 Å². The fraction of sp³-hybridized carbons (Fsp3) is 0.867. The summed E-state index contributed by atoms with van der Waals surface area (Å²) >= 11 is 0. The van der Waals surface area contributed by atoms with E-state index < -0.39 is 26.5 Å². The molecule has 0 aromatic rings. The summed E-state index contributed by atoms with van der Waals surface area (Å²) in [6.07, 6.45) is 44.9. The first-order valence-corrected chi connectivity index (χ1v) is 24.3. The van der Waals surface area contributed by atoms with Crippen molar-refractivity contribution in [1.82, 2.24) is 0 Å². The van der Waals surface area contributed by atoms with Crippen LogP contribution in [-0.4, -0.2) is 49.3 Å². The molecule has 3 N–H and O–H groups in total. The number of hydrogen-bond acceptors (Lipinski definition) is 8. The zero-order valence-electron chi connectivity index (χ0n) is 35.7. The quantitative estimate of drug-likeness (QED) is 0.0267. The second-order valence-corrected chi connectivity index (χ2v) is 16.7. The van der Waals surface area contributed by atoms with Gasteiger partial charge in [-0.2, -0.15) is 0 Å². The summed E-state index contributed by atoms with van der Waals surface area (Å²) in [5.41, 5.74) is 5.35. The smallest absolute Gasteiger partial charge is 0.462 e. The molecule has 2 atom stereocenters. The monoisotopic (exact) mass is 800 g/mol. The summed E-state index contributed by atoms with van der Waals surface area (Å²) in [6.45, 7) is 3.72. The third-order valence-corrected chi connectivity index (χ3v) is 10.8. The molecular formula is C45H86NO8P. The van der Waals surface area contributed by atoms with Gasteiger partial charge in [-0.25, -0.2) is 4.57 Å². The molecule has 0 aliphatic heterocycles. The number of phosphoric ester groups is 1. The van der Waals surface area contributed by atoms with Crippen molar-refractivity contribution in [3.05, 3.63) is 24.3 Å². The number of nitrogens with two attached hydrogens (primary N) is 1. The largest absolute Gasteiger partial charge is 0.472 e. The maximum absolute atomic E-state index is 12.6. The molecular weight excluding hydrogens is 713 g/mol. The van der Waals surface area contributed by atoms with Crippen molar-refractivity contribution in [1.29, 1.82) is 0 Å². The Morgan fingerprint density at radius 1 is 0.527 bits per heavy atom. The van der Waals surface area contributed by atoms with Gasteiger partial charge in [0.25, 0.3) is 0 Å². The van der Waals surface area contributed by atoms with E-state index in [-0.39, 0.29) is 38.6 Å². The minimum atomic E-state index is -4.38. The third-order valence-electron chi connectivity index (χ3n) is 9.81. The number of esters is 2. The molecule has 0 spiro atoms. The lowest BCUT2D eigenvalue weighted by Crippen LogP contribution is -2.29. The van der Waals surface area contributed by atoms with Gasteiger partial charge in [0.1, 0.15) is 6.61 Å². The van der Waals surface area contributed by atoms with E-state index in [4.69, 9.17) is 24.3 Å². The molecule has 0 bridgehead atoms. The molecule has 1 unspecified atom stereocenters. The number of ether oxygens (including phenoxy) is 2. The van der Waals surface area contributed by atoms with Crippen molar-refractivity contribution < 1.29 is 37.6 Å². The highest BCUT2D eigenvalue weighted by molar-refractivity contribution is 7.47. The molecule has 0 aliphatic rings. The van der Waals surface area contributed by atoms with Gasteiger partial charge in [-0.15, -0.1) is 0 Å². The van der Waals surface area contributed by atoms with Gasteiger partial charge in [-0.3, -0.25) is 18.6 Å². The Morgan fingerprint density at radius 2 is 0.891 bits per heavy atom. The first-order chi connectivity index (χ1) is 26.8. The number of carbonyl (C=O) groups excluding carboxylic acids is 2. The average molecular weight is 800 g/mol. The number of hydrogen-bond donors (Lipinski definition) is 2. The van der Waals surface area contributed by atoms with Crippen LogP contribution in [0.2, 0.25) is 0 Å². The maximum atomic E-state index is 12.6. The first-order valence-electron chi connectivity index (χ1n) is 22.8. The zero-order chi connectivity index (χ0) is 40.3. The second kappa shape index (κ2) is 42.1. The summed E-state index contributed by atoms with van der Waals surface area (Å²) in [5.74, 6) is -0.833. The van der Waals surface area contributed by atoms with Gasteiger partial charge in [-0.05, 0) is 64.2 Å². The highest BCUT2D eigenvalue weighted by Crippen LogP contribution is 2.43. The van der Waals surface area contributed by atoms with Crippen LogP contribution in [0.1, 0.15) is 219 Å². The van der Waals surface area contributed by atoms with Crippen LogP contribution >= 0.6 is 7.82 Å². The third kappa shape index (κ3) is 41.9. The van der Waals surface area contributed by atoms with Gasteiger partial charge >= 0.3 is 19.8 Å². The zero-order valence-corrected chi connectivity index (χ0v) is 36.6. The van der Waals surface area contributed by atoms with Gasteiger partial charge < -0.3 is 20.1 Å². The van der Waals surface area contributed by atoms with Gasteiger partial charge in [0, 0.05) is 19.4 Å². The van der Waals surface area contributed by atoms with E-state index in [2.05, 4.69) is 38.2 Å². The minimum absolute atomic E-state index is 0.0534. The summed E-state index contributed by atoms with van der Waals surface area (Å²) in [4.78, 5) is 34.9. The van der Waals surface area contributed by atoms with Gasteiger partial charge in [0.05, 0.1) is 13.2 Å². The SMILES string of the molecule is CCCCCC/C=C\CCCCCCCC(=O)OC[C@H](COP(=O)(O)OCCN)OC(=O)CCCCCCCCCCCCC/C=C\CCCCCCCC. The standard InChI is InChI=1S/C45H86NO8P/c1-3-5-7-9-11-13-15-17-18-19-20-21-22-23-24-26-28-30-32-34-36-38-45(48)54-43(42-53-55(49,50)52-40-39-46)41-51-44(47)37-35-33-31-29-27-25-16-14-12-10-8-6-4-2/h14,16-18,43H,3-13,15,19-42,46H2,1-2H3,(H,49,50)/b16-14-,18-17-/t43-/m1/s1. The Morgan fingerprint density at radius 3 is 1.31 bits per heavy atom. The molecule has 0 heterocycles. The Bertz CT molecular complexity index is 959. The van der Waals surface area contributed by atoms with E-state index in [1.54, 1.807) is 0 Å². The molecule has 0 aromatic heterocycles. The average Bonchev–Trinajstić information content (AvgIpc) is 3.17. The molecule has 0 saturated carbocycles. The van der Waals surface area contributed by atoms with Crippen molar-refractivity contribution in [3.63, 3.8) is 0 Å². The molecule has 0 fully saturated rings. The van der Waals surface area contributed by atoms with Crippen LogP contribution < -0.4 is 5.73 Å². The highest BCUT2D eigenvalue weighted by atomic mass is 31.2. The Labute approximate surface area is 338 Å². The first kappa shape index (κ1) is 53.5. The Hall–Kier alpha value is -1.51. The van der Waals surface area contributed by atoms with Crippen molar-refractivity contribution >= 4 is 19.8 Å². The Kier molecular flexibility index (Phi) is 40.9. The summed E-state index contributed by atoms with van der Waals surface area (Å²) in [7, 11) is -4.38. The summed E-state index contributed by atoms with van der Waals surface area (Å²) in [6, 6.07) is 0. The number of unbranched alkanes of at least 4 members (excludes halogenated alkanes) is 26. The molecule has 0 rings (SSSR count). The molecule has 0 amide bonds. The molecule has 10 heteroatoms. The molecule has 9 nitrogen and oxygen atoms in total. The van der Waals surface area contributed by atoms with Crippen LogP contribution in [0.5, 0.6) is 0 Å². The number of allylic oxidation sites excluding steroid dienone is 4. The number of carbonyl (C=O) groups is 2. The van der Waals surface area contributed by atoms with Crippen molar-refractivity contribution in [3.8, 4) is 0 Å².